The molecule has 0 heterocycles. The number of rotatable bonds is 2. The lowest BCUT2D eigenvalue weighted by Gasteiger charge is -2.04. The number of amides is 1. The second-order valence-corrected chi connectivity index (χ2v) is 3.57. The fraction of sp³-hybridized carbons (Fsp3) is 0.273. The number of benzene rings is 1. The van der Waals surface area contributed by atoms with Crippen molar-refractivity contribution in [1.29, 1.82) is 0 Å². The van der Waals surface area contributed by atoms with Gasteiger partial charge >= 0.3 is 11.9 Å². The number of hydrogen-bond acceptors (Lipinski definition) is 3. The average molecular weight is 223 g/mol. The van der Waals surface area contributed by atoms with Gasteiger partial charge in [0.1, 0.15) is 11.9 Å². The number of anilines is 1. The van der Waals surface area contributed by atoms with Crippen LogP contribution in [0.25, 0.3) is 0 Å². The zero-order chi connectivity index (χ0) is 11.5. The molecule has 0 bridgehead atoms. The van der Waals surface area contributed by atoms with E-state index in [0.717, 1.165) is 12.8 Å². The van der Waals surface area contributed by atoms with Crippen molar-refractivity contribution in [2.45, 2.75) is 18.9 Å². The van der Waals surface area contributed by atoms with Gasteiger partial charge in [0.15, 0.2) is 0 Å². The first-order valence-corrected chi connectivity index (χ1v) is 4.92. The molecule has 1 N–H and O–H groups in total. The van der Waals surface area contributed by atoms with Crippen molar-refractivity contribution in [3.63, 3.8) is 0 Å². The molecule has 0 atom stereocenters. The Morgan fingerprint density at radius 3 is 2.44 bits per heavy atom. The molecule has 1 fully saturated rings. The number of halogens is 1. The van der Waals surface area contributed by atoms with Gasteiger partial charge in [0, 0.05) is 5.69 Å². The minimum Gasteiger partial charge on any atom is -0.455 e. The minimum absolute atomic E-state index is 0.105. The molecule has 4 nitrogen and oxygen atoms in total. The summed E-state index contributed by atoms with van der Waals surface area (Å²) in [5.41, 5.74) is 0.360. The highest BCUT2D eigenvalue weighted by atomic mass is 19.1. The SMILES string of the molecule is O=C(Nc1ccc(F)cc1)C(=O)OC1CC1. The number of hydrogen-bond donors (Lipinski definition) is 1. The van der Waals surface area contributed by atoms with Gasteiger partial charge < -0.3 is 10.1 Å². The Morgan fingerprint density at radius 2 is 1.88 bits per heavy atom. The van der Waals surface area contributed by atoms with Crippen LogP contribution in [0, 0.1) is 5.82 Å². The second-order valence-electron chi connectivity index (χ2n) is 3.57. The van der Waals surface area contributed by atoms with Crippen molar-refractivity contribution in [2.24, 2.45) is 0 Å². The molecule has 1 aliphatic rings. The Balaban J connectivity index is 1.90. The van der Waals surface area contributed by atoms with E-state index in [0.29, 0.717) is 5.69 Å². The highest BCUT2D eigenvalue weighted by Gasteiger charge is 2.29. The van der Waals surface area contributed by atoms with Crippen LogP contribution in [-0.4, -0.2) is 18.0 Å². The third-order valence-electron chi connectivity index (χ3n) is 2.09. The van der Waals surface area contributed by atoms with Gasteiger partial charge in [-0.3, -0.25) is 4.79 Å². The maximum absolute atomic E-state index is 12.6. The molecule has 0 unspecified atom stereocenters. The van der Waals surface area contributed by atoms with Gasteiger partial charge in [-0.05, 0) is 37.1 Å². The third-order valence-corrected chi connectivity index (χ3v) is 2.09. The number of esters is 1. The van der Waals surface area contributed by atoms with E-state index in [1.165, 1.54) is 24.3 Å². The molecule has 16 heavy (non-hydrogen) atoms. The summed E-state index contributed by atoms with van der Waals surface area (Å²) in [4.78, 5) is 22.4. The topological polar surface area (TPSA) is 55.4 Å². The molecule has 0 radical (unpaired) electrons. The molecule has 1 amide bonds. The molecular weight excluding hydrogens is 213 g/mol. The molecule has 2 rings (SSSR count). The van der Waals surface area contributed by atoms with Crippen molar-refractivity contribution in [1.82, 2.24) is 0 Å². The van der Waals surface area contributed by atoms with Crippen LogP contribution in [0.2, 0.25) is 0 Å². The lowest BCUT2D eigenvalue weighted by Crippen LogP contribution is -2.25. The van der Waals surface area contributed by atoms with Gasteiger partial charge in [-0.25, -0.2) is 9.18 Å². The van der Waals surface area contributed by atoms with Crippen LogP contribution in [0.4, 0.5) is 10.1 Å². The summed E-state index contributed by atoms with van der Waals surface area (Å²) >= 11 is 0. The predicted octanol–water partition coefficient (Wildman–Crippen LogP) is 1.47. The van der Waals surface area contributed by atoms with Crippen LogP contribution < -0.4 is 5.32 Å². The molecule has 0 saturated heterocycles. The summed E-state index contributed by atoms with van der Waals surface area (Å²) in [6.45, 7) is 0. The highest BCUT2D eigenvalue weighted by molar-refractivity contribution is 6.37. The van der Waals surface area contributed by atoms with Gasteiger partial charge in [0.2, 0.25) is 0 Å². The van der Waals surface area contributed by atoms with Crippen molar-refractivity contribution >= 4 is 17.6 Å². The maximum atomic E-state index is 12.6. The lowest BCUT2D eigenvalue weighted by atomic mass is 10.3. The van der Waals surface area contributed by atoms with Gasteiger partial charge in [-0.1, -0.05) is 0 Å². The molecule has 1 aliphatic carbocycles. The first kappa shape index (κ1) is 10.6. The van der Waals surface area contributed by atoms with Crippen LogP contribution in [0.3, 0.4) is 0 Å². The summed E-state index contributed by atoms with van der Waals surface area (Å²) in [6.07, 6.45) is 1.52. The Hall–Kier alpha value is -1.91. The summed E-state index contributed by atoms with van der Waals surface area (Å²) in [5.74, 6) is -2.14. The normalized spacial score (nSPS) is 14.3. The first-order valence-electron chi connectivity index (χ1n) is 4.92. The second kappa shape index (κ2) is 4.30. The average Bonchev–Trinajstić information content (AvgIpc) is 3.05. The minimum atomic E-state index is -0.896. The van der Waals surface area contributed by atoms with Crippen LogP contribution in [0.5, 0.6) is 0 Å². The zero-order valence-corrected chi connectivity index (χ0v) is 8.40. The van der Waals surface area contributed by atoms with Gasteiger partial charge in [-0.2, -0.15) is 0 Å². The number of nitrogens with one attached hydrogen (secondary N) is 1. The van der Waals surface area contributed by atoms with Crippen LogP contribution >= 0.6 is 0 Å². The third kappa shape index (κ3) is 2.79. The fourth-order valence-corrected chi connectivity index (χ4v) is 1.11. The van der Waals surface area contributed by atoms with Crippen LogP contribution in [0.1, 0.15) is 12.8 Å². The van der Waals surface area contributed by atoms with E-state index in [1.54, 1.807) is 0 Å². The van der Waals surface area contributed by atoms with Crippen molar-refractivity contribution in [2.75, 3.05) is 5.32 Å². The first-order chi connectivity index (χ1) is 7.65. The van der Waals surface area contributed by atoms with Crippen LogP contribution in [-0.2, 0) is 14.3 Å². The monoisotopic (exact) mass is 223 g/mol. The van der Waals surface area contributed by atoms with E-state index in [4.69, 9.17) is 4.74 Å². The smallest absolute Gasteiger partial charge is 0.397 e. The Kier molecular flexibility index (Phi) is 2.85. The van der Waals surface area contributed by atoms with E-state index in [9.17, 15) is 14.0 Å². The van der Waals surface area contributed by atoms with Gasteiger partial charge in [-0.15, -0.1) is 0 Å². The molecule has 5 heteroatoms. The van der Waals surface area contributed by atoms with E-state index < -0.39 is 17.7 Å². The fourth-order valence-electron chi connectivity index (χ4n) is 1.11. The Morgan fingerprint density at radius 1 is 1.25 bits per heavy atom. The molecule has 0 spiro atoms. The standard InChI is InChI=1S/C11H10FNO3/c12-7-1-3-8(4-2-7)13-10(14)11(15)16-9-5-6-9/h1-4,9H,5-6H2,(H,13,14). The summed E-state index contributed by atoms with van der Waals surface area (Å²) in [6, 6.07) is 5.14. The summed E-state index contributed by atoms with van der Waals surface area (Å²) in [5, 5.41) is 2.32. The molecule has 1 aromatic rings. The highest BCUT2D eigenvalue weighted by Crippen LogP contribution is 2.23. The Labute approximate surface area is 91.4 Å². The molecule has 84 valence electrons. The predicted molar refractivity (Wildman–Crippen MR) is 54.1 cm³/mol. The molecule has 1 saturated carbocycles. The number of ether oxygens (including phenoxy) is 1. The Bertz CT molecular complexity index is 412. The molecule has 0 aliphatic heterocycles. The summed E-state index contributed by atoms with van der Waals surface area (Å²) in [7, 11) is 0. The van der Waals surface area contributed by atoms with Gasteiger partial charge in [0.05, 0.1) is 0 Å². The van der Waals surface area contributed by atoms with Crippen molar-refractivity contribution in [3.8, 4) is 0 Å². The van der Waals surface area contributed by atoms with E-state index >= 15 is 0 Å². The molecular formula is C11H10FNO3. The van der Waals surface area contributed by atoms with E-state index in [2.05, 4.69) is 5.32 Å². The van der Waals surface area contributed by atoms with E-state index in [-0.39, 0.29) is 6.10 Å². The molecule has 1 aromatic carbocycles. The van der Waals surface area contributed by atoms with E-state index in [1.807, 2.05) is 0 Å². The van der Waals surface area contributed by atoms with Crippen molar-refractivity contribution < 1.29 is 18.7 Å². The largest absolute Gasteiger partial charge is 0.455 e. The number of carbonyl (C=O) groups excluding carboxylic acids is 2. The molecule has 0 aromatic heterocycles. The zero-order valence-electron chi connectivity index (χ0n) is 8.40. The van der Waals surface area contributed by atoms with Crippen molar-refractivity contribution in [3.05, 3.63) is 30.1 Å². The number of carbonyl (C=O) groups is 2. The maximum Gasteiger partial charge on any atom is 0.397 e. The summed E-state index contributed by atoms with van der Waals surface area (Å²) < 4.78 is 17.4. The quantitative estimate of drug-likeness (QED) is 0.610. The lowest BCUT2D eigenvalue weighted by molar-refractivity contribution is -0.153. The van der Waals surface area contributed by atoms with Crippen LogP contribution in [0.15, 0.2) is 24.3 Å². The van der Waals surface area contributed by atoms with Gasteiger partial charge in [0.25, 0.3) is 0 Å².